The average Bonchev–Trinajstić information content (AvgIpc) is 2.59. The van der Waals surface area contributed by atoms with Crippen LogP contribution >= 0.6 is 22.6 Å². The summed E-state index contributed by atoms with van der Waals surface area (Å²) in [5, 5.41) is 4.24. The molecule has 1 aliphatic heterocycles. The maximum absolute atomic E-state index is 5.53. The molecule has 2 nitrogen and oxygen atoms in total. The van der Waals surface area contributed by atoms with Crippen LogP contribution in [0.1, 0.15) is 34.1 Å². The molecule has 0 aromatic carbocycles. The van der Waals surface area contributed by atoms with Crippen molar-refractivity contribution in [1.29, 1.82) is 0 Å². The molecule has 0 bridgehead atoms. The summed E-state index contributed by atoms with van der Waals surface area (Å²) in [5.41, 5.74) is 2.53. The van der Waals surface area contributed by atoms with E-state index < -0.39 is 0 Å². The minimum absolute atomic E-state index is 0.172. The van der Waals surface area contributed by atoms with Crippen LogP contribution in [0.4, 0.5) is 0 Å². The Balaban J connectivity index is 2.68. The Bertz CT molecular complexity index is 273. The van der Waals surface area contributed by atoms with Crippen LogP contribution in [0.5, 0.6) is 0 Å². The summed E-state index contributed by atoms with van der Waals surface area (Å²) in [6.45, 7) is 8.72. The van der Waals surface area contributed by atoms with Gasteiger partial charge in [-0.3, -0.25) is 0 Å². The van der Waals surface area contributed by atoms with Crippen molar-refractivity contribution in [3.8, 4) is 0 Å². The smallest absolute Gasteiger partial charge is 0.156 e. The van der Waals surface area contributed by atoms with E-state index in [0.29, 0.717) is 11.8 Å². The Kier molecular flexibility index (Phi) is 5.09. The third kappa shape index (κ3) is 2.95. The van der Waals surface area contributed by atoms with Gasteiger partial charge >= 0.3 is 0 Å². The molecule has 0 fully saturated rings. The molecule has 1 heterocycles. The quantitative estimate of drug-likeness (QED) is 0.438. The first-order valence-corrected chi connectivity index (χ1v) is 7.10. The molecule has 0 amide bonds. The highest BCUT2D eigenvalue weighted by atomic mass is 127. The number of hydrogen-bond acceptors (Lipinski definition) is 2. The van der Waals surface area contributed by atoms with Crippen LogP contribution in [0.15, 0.2) is 16.8 Å². The summed E-state index contributed by atoms with van der Waals surface area (Å²) >= 11 is 2.40. The van der Waals surface area contributed by atoms with Gasteiger partial charge in [0.15, 0.2) is 6.10 Å². The third-order valence-electron chi connectivity index (χ3n) is 2.90. The Labute approximate surface area is 106 Å². The molecule has 0 unspecified atom stereocenters. The largest absolute Gasteiger partial charge is 0.387 e. The van der Waals surface area contributed by atoms with Crippen LogP contribution in [0.2, 0.25) is 0 Å². The van der Waals surface area contributed by atoms with Gasteiger partial charge in [0.1, 0.15) is 0 Å². The monoisotopic (exact) mass is 321 g/mol. The minimum Gasteiger partial charge on any atom is -0.387 e. The molecule has 0 aromatic heterocycles. The lowest BCUT2D eigenvalue weighted by Gasteiger charge is -2.17. The van der Waals surface area contributed by atoms with Crippen molar-refractivity contribution in [2.24, 2.45) is 17.0 Å². The fraction of sp³-hybridized carbons (Fsp3) is 0.750. The first-order chi connectivity index (χ1) is 7.11. The van der Waals surface area contributed by atoms with Crippen molar-refractivity contribution in [2.45, 2.75) is 40.2 Å². The van der Waals surface area contributed by atoms with Gasteiger partial charge in [-0.25, -0.2) is 0 Å². The average molecular weight is 321 g/mol. The second kappa shape index (κ2) is 5.87. The molecule has 0 radical (unpaired) electrons. The Morgan fingerprint density at radius 1 is 1.67 bits per heavy atom. The third-order valence-corrected chi connectivity index (χ3v) is 4.22. The van der Waals surface area contributed by atoms with E-state index in [1.807, 2.05) is 0 Å². The predicted octanol–water partition coefficient (Wildman–Crippen LogP) is 3.80. The van der Waals surface area contributed by atoms with Crippen LogP contribution in [0.3, 0.4) is 0 Å². The fourth-order valence-electron chi connectivity index (χ4n) is 1.98. The van der Waals surface area contributed by atoms with Crippen molar-refractivity contribution in [3.63, 3.8) is 0 Å². The first kappa shape index (κ1) is 13.0. The summed E-state index contributed by atoms with van der Waals surface area (Å²) < 4.78 is 1.10. The first-order valence-electron chi connectivity index (χ1n) is 5.58. The van der Waals surface area contributed by atoms with Crippen molar-refractivity contribution in [3.05, 3.63) is 11.6 Å². The van der Waals surface area contributed by atoms with Gasteiger partial charge in [0, 0.05) is 16.3 Å². The maximum Gasteiger partial charge on any atom is 0.156 e. The summed E-state index contributed by atoms with van der Waals surface area (Å²) in [6, 6.07) is 0. The van der Waals surface area contributed by atoms with Gasteiger partial charge in [-0.15, -0.1) is 0 Å². The molecule has 0 N–H and O–H groups in total. The molecule has 0 saturated carbocycles. The van der Waals surface area contributed by atoms with Crippen LogP contribution < -0.4 is 0 Å². The number of oxime groups is 1. The molecule has 0 aliphatic carbocycles. The summed E-state index contributed by atoms with van der Waals surface area (Å²) in [4.78, 5) is 5.53. The van der Waals surface area contributed by atoms with Crippen LogP contribution in [0.25, 0.3) is 0 Å². The molecule has 0 saturated heterocycles. The summed E-state index contributed by atoms with van der Waals surface area (Å²) in [6.07, 6.45) is 3.47. The zero-order chi connectivity index (χ0) is 11.4. The Hall–Kier alpha value is -0.0600. The van der Waals surface area contributed by atoms with Crippen LogP contribution in [-0.2, 0) is 4.84 Å². The van der Waals surface area contributed by atoms with E-state index in [1.165, 1.54) is 11.3 Å². The lowest BCUT2D eigenvalue weighted by Crippen LogP contribution is -2.26. The van der Waals surface area contributed by atoms with E-state index in [4.69, 9.17) is 4.84 Å². The second-order valence-corrected chi connectivity index (χ2v) is 5.12. The molecule has 15 heavy (non-hydrogen) atoms. The van der Waals surface area contributed by atoms with Crippen molar-refractivity contribution < 1.29 is 4.84 Å². The van der Waals surface area contributed by atoms with Gasteiger partial charge in [-0.1, -0.05) is 54.6 Å². The summed E-state index contributed by atoms with van der Waals surface area (Å²) in [5.74, 6) is 0.956. The van der Waals surface area contributed by atoms with Crippen molar-refractivity contribution >= 4 is 28.3 Å². The molecule has 1 aliphatic rings. The van der Waals surface area contributed by atoms with Crippen molar-refractivity contribution in [1.82, 2.24) is 0 Å². The molecule has 0 aromatic rings. The van der Waals surface area contributed by atoms with Gasteiger partial charge in [-0.05, 0) is 18.9 Å². The predicted molar refractivity (Wildman–Crippen MR) is 73.6 cm³/mol. The van der Waals surface area contributed by atoms with E-state index in [9.17, 15) is 0 Å². The van der Waals surface area contributed by atoms with Gasteiger partial charge in [0.25, 0.3) is 0 Å². The highest BCUT2D eigenvalue weighted by molar-refractivity contribution is 14.1. The molecular weight excluding hydrogens is 301 g/mol. The highest BCUT2D eigenvalue weighted by Crippen LogP contribution is 2.28. The van der Waals surface area contributed by atoms with E-state index in [2.05, 4.69) is 61.5 Å². The highest BCUT2D eigenvalue weighted by Gasteiger charge is 2.33. The number of nitrogens with zero attached hydrogens (tertiary/aromatic N) is 1. The van der Waals surface area contributed by atoms with E-state index in [0.717, 1.165) is 10.8 Å². The van der Waals surface area contributed by atoms with Gasteiger partial charge in [-0.2, -0.15) is 0 Å². The lowest BCUT2D eigenvalue weighted by atomic mass is 9.89. The lowest BCUT2D eigenvalue weighted by molar-refractivity contribution is 0.0921. The zero-order valence-electron chi connectivity index (χ0n) is 9.96. The SMILES string of the molecule is CC/C=C(/C)[C@H]1ON=C([C@H](C)CI)[C@H]1C. The topological polar surface area (TPSA) is 21.6 Å². The molecule has 3 heteroatoms. The number of rotatable bonds is 4. The second-order valence-electron chi connectivity index (χ2n) is 4.24. The standard InChI is InChI=1S/C12H20INO/c1-5-6-8(2)12-10(4)11(14-15-12)9(3)7-13/h6,9-10,12H,5,7H2,1-4H3/b8-6-/t9-,10-,12-/m1/s1. The number of halogens is 1. The van der Waals surface area contributed by atoms with Crippen LogP contribution in [-0.4, -0.2) is 16.2 Å². The summed E-state index contributed by atoms with van der Waals surface area (Å²) in [7, 11) is 0. The fourth-order valence-corrected chi connectivity index (χ4v) is 2.43. The van der Waals surface area contributed by atoms with Gasteiger partial charge < -0.3 is 4.84 Å². The van der Waals surface area contributed by atoms with Crippen molar-refractivity contribution in [2.75, 3.05) is 4.43 Å². The molecule has 86 valence electrons. The number of hydrogen-bond donors (Lipinski definition) is 0. The molecule has 0 spiro atoms. The minimum atomic E-state index is 0.172. The number of allylic oxidation sites excluding steroid dienone is 1. The molecular formula is C12H20INO. The van der Waals surface area contributed by atoms with E-state index in [-0.39, 0.29) is 6.10 Å². The van der Waals surface area contributed by atoms with E-state index in [1.54, 1.807) is 0 Å². The van der Waals surface area contributed by atoms with E-state index >= 15 is 0 Å². The maximum atomic E-state index is 5.53. The normalized spacial score (nSPS) is 28.6. The number of alkyl halides is 1. The zero-order valence-corrected chi connectivity index (χ0v) is 12.1. The Morgan fingerprint density at radius 2 is 2.33 bits per heavy atom. The van der Waals surface area contributed by atoms with Gasteiger partial charge in [0.05, 0.1) is 5.71 Å². The Morgan fingerprint density at radius 3 is 2.87 bits per heavy atom. The molecule has 3 atom stereocenters. The van der Waals surface area contributed by atoms with Crippen LogP contribution in [0, 0.1) is 11.8 Å². The molecule has 1 rings (SSSR count). The van der Waals surface area contributed by atoms with Gasteiger partial charge in [0.2, 0.25) is 0 Å².